The lowest BCUT2D eigenvalue weighted by atomic mass is 9.79. The molecule has 0 aromatic carbocycles. The molecule has 0 bridgehead atoms. The predicted octanol–water partition coefficient (Wildman–Crippen LogP) is 2.13. The van der Waals surface area contributed by atoms with Gasteiger partial charge in [-0.2, -0.15) is 0 Å². The van der Waals surface area contributed by atoms with Crippen molar-refractivity contribution in [1.29, 1.82) is 0 Å². The molecule has 0 spiro atoms. The van der Waals surface area contributed by atoms with Crippen LogP contribution in [0.1, 0.15) is 46.0 Å². The number of hydrogen-bond acceptors (Lipinski definition) is 2. The molecule has 0 aromatic heterocycles. The lowest BCUT2D eigenvalue weighted by Gasteiger charge is -2.33. The number of likely N-dealkylation sites (tertiary alicyclic amines) is 1. The molecular weight excluding hydrogens is 230 g/mol. The topological polar surface area (TPSA) is 57.6 Å². The minimum Gasteiger partial charge on any atom is -0.481 e. The molecule has 1 N–H and O–H groups in total. The molecule has 2 rings (SSSR count). The maximum absolute atomic E-state index is 12.5. The number of carbonyl (C=O) groups excluding carboxylic acids is 1. The molecule has 102 valence electrons. The second-order valence-corrected chi connectivity index (χ2v) is 5.87. The third kappa shape index (κ3) is 2.38. The lowest BCUT2D eigenvalue weighted by molar-refractivity contribution is -0.144. The van der Waals surface area contributed by atoms with Crippen molar-refractivity contribution < 1.29 is 14.7 Å². The average molecular weight is 253 g/mol. The van der Waals surface area contributed by atoms with Crippen LogP contribution in [0, 0.1) is 17.8 Å². The number of carboxylic acids is 1. The first-order valence-electron chi connectivity index (χ1n) is 7.05. The molecule has 4 atom stereocenters. The molecule has 2 aliphatic rings. The first kappa shape index (κ1) is 13.4. The van der Waals surface area contributed by atoms with Crippen LogP contribution in [0.5, 0.6) is 0 Å². The van der Waals surface area contributed by atoms with Gasteiger partial charge in [-0.3, -0.25) is 9.59 Å². The summed E-state index contributed by atoms with van der Waals surface area (Å²) in [7, 11) is 0. The number of nitrogens with zero attached hydrogens (tertiary/aromatic N) is 1. The molecule has 4 unspecified atom stereocenters. The summed E-state index contributed by atoms with van der Waals surface area (Å²) in [5.74, 6) is -0.392. The van der Waals surface area contributed by atoms with E-state index >= 15 is 0 Å². The quantitative estimate of drug-likeness (QED) is 0.820. The van der Waals surface area contributed by atoms with Crippen molar-refractivity contribution in [3.8, 4) is 0 Å². The molecule has 1 saturated heterocycles. The monoisotopic (exact) mass is 253 g/mol. The zero-order valence-electron chi connectivity index (χ0n) is 11.3. The summed E-state index contributed by atoms with van der Waals surface area (Å²) in [6.45, 7) is 4.63. The van der Waals surface area contributed by atoms with Gasteiger partial charge in [-0.15, -0.1) is 0 Å². The van der Waals surface area contributed by atoms with E-state index in [1.54, 1.807) is 0 Å². The zero-order chi connectivity index (χ0) is 13.3. The Morgan fingerprint density at radius 1 is 1.06 bits per heavy atom. The van der Waals surface area contributed by atoms with Crippen LogP contribution < -0.4 is 0 Å². The molecule has 1 aliphatic heterocycles. The van der Waals surface area contributed by atoms with Gasteiger partial charge in [0.05, 0.1) is 5.92 Å². The fraction of sp³-hybridized carbons (Fsp3) is 0.857. The van der Waals surface area contributed by atoms with Crippen LogP contribution in [0.25, 0.3) is 0 Å². The van der Waals surface area contributed by atoms with Gasteiger partial charge in [0.15, 0.2) is 0 Å². The minimum absolute atomic E-state index is 0.119. The van der Waals surface area contributed by atoms with Gasteiger partial charge in [0.25, 0.3) is 0 Å². The van der Waals surface area contributed by atoms with E-state index in [4.69, 9.17) is 5.11 Å². The van der Waals surface area contributed by atoms with Crippen LogP contribution in [0.15, 0.2) is 0 Å². The van der Waals surface area contributed by atoms with Crippen LogP contribution in [0.2, 0.25) is 0 Å². The van der Waals surface area contributed by atoms with Crippen molar-refractivity contribution in [3.05, 3.63) is 0 Å². The molecule has 1 aliphatic carbocycles. The van der Waals surface area contributed by atoms with Crippen molar-refractivity contribution in [2.45, 2.75) is 52.0 Å². The Hall–Kier alpha value is -1.06. The summed E-state index contributed by atoms with van der Waals surface area (Å²) in [6, 6.07) is -0.149. The minimum atomic E-state index is -0.769. The van der Waals surface area contributed by atoms with Gasteiger partial charge in [-0.25, -0.2) is 0 Å². The van der Waals surface area contributed by atoms with Gasteiger partial charge in [0.1, 0.15) is 0 Å². The van der Waals surface area contributed by atoms with Gasteiger partial charge < -0.3 is 10.0 Å². The number of rotatable bonds is 2. The Labute approximate surface area is 108 Å². The normalized spacial score (nSPS) is 36.7. The summed E-state index contributed by atoms with van der Waals surface area (Å²) in [5.41, 5.74) is 0. The molecule has 1 amide bonds. The molecule has 1 saturated carbocycles. The van der Waals surface area contributed by atoms with Crippen molar-refractivity contribution in [2.24, 2.45) is 17.8 Å². The molecule has 0 aromatic rings. The number of hydrogen-bond donors (Lipinski definition) is 1. The van der Waals surface area contributed by atoms with E-state index in [0.29, 0.717) is 18.9 Å². The highest BCUT2D eigenvalue weighted by Crippen LogP contribution is 2.34. The van der Waals surface area contributed by atoms with Crippen LogP contribution in [0.3, 0.4) is 0 Å². The van der Waals surface area contributed by atoms with E-state index in [-0.39, 0.29) is 23.8 Å². The van der Waals surface area contributed by atoms with E-state index in [2.05, 4.69) is 6.92 Å². The summed E-state index contributed by atoms with van der Waals surface area (Å²) in [4.78, 5) is 25.4. The molecule has 4 nitrogen and oxygen atoms in total. The highest BCUT2D eigenvalue weighted by Gasteiger charge is 2.41. The number of carbonyl (C=O) groups is 2. The maximum Gasteiger partial charge on any atom is 0.308 e. The van der Waals surface area contributed by atoms with E-state index in [1.807, 2.05) is 11.8 Å². The molecule has 18 heavy (non-hydrogen) atoms. The molecule has 2 fully saturated rings. The van der Waals surface area contributed by atoms with Crippen LogP contribution in [-0.4, -0.2) is 34.5 Å². The summed E-state index contributed by atoms with van der Waals surface area (Å²) in [6.07, 6.45) is 5.05. The predicted molar refractivity (Wildman–Crippen MR) is 68.0 cm³/mol. The van der Waals surface area contributed by atoms with Crippen molar-refractivity contribution >= 4 is 11.9 Å². The Kier molecular flexibility index (Phi) is 3.93. The third-order valence-corrected chi connectivity index (χ3v) is 4.78. The van der Waals surface area contributed by atoms with Crippen molar-refractivity contribution in [3.63, 3.8) is 0 Å². The number of carboxylic acid groups (broad SMARTS) is 1. The van der Waals surface area contributed by atoms with Gasteiger partial charge in [-0.1, -0.05) is 19.8 Å². The highest BCUT2D eigenvalue weighted by atomic mass is 16.4. The molecule has 1 heterocycles. The summed E-state index contributed by atoms with van der Waals surface area (Å²) >= 11 is 0. The highest BCUT2D eigenvalue weighted by molar-refractivity contribution is 5.81. The second-order valence-electron chi connectivity index (χ2n) is 5.87. The lowest BCUT2D eigenvalue weighted by Crippen LogP contribution is -2.43. The van der Waals surface area contributed by atoms with Crippen molar-refractivity contribution in [1.82, 2.24) is 4.90 Å². The van der Waals surface area contributed by atoms with Crippen LogP contribution in [0.4, 0.5) is 0 Å². The van der Waals surface area contributed by atoms with Gasteiger partial charge in [0, 0.05) is 18.5 Å². The zero-order valence-corrected chi connectivity index (χ0v) is 11.3. The van der Waals surface area contributed by atoms with E-state index < -0.39 is 5.97 Å². The van der Waals surface area contributed by atoms with Gasteiger partial charge >= 0.3 is 5.97 Å². The second kappa shape index (κ2) is 5.29. The Bertz CT molecular complexity index is 342. The smallest absolute Gasteiger partial charge is 0.308 e. The van der Waals surface area contributed by atoms with E-state index in [1.165, 1.54) is 6.42 Å². The van der Waals surface area contributed by atoms with Crippen LogP contribution >= 0.6 is 0 Å². The fourth-order valence-electron chi connectivity index (χ4n) is 3.48. The van der Waals surface area contributed by atoms with Gasteiger partial charge in [0.2, 0.25) is 5.91 Å². The average Bonchev–Trinajstić information content (AvgIpc) is 2.71. The van der Waals surface area contributed by atoms with E-state index in [9.17, 15) is 9.59 Å². The first-order valence-corrected chi connectivity index (χ1v) is 7.05. The largest absolute Gasteiger partial charge is 0.481 e. The van der Waals surface area contributed by atoms with Gasteiger partial charge in [-0.05, 0) is 32.1 Å². The molecule has 0 radical (unpaired) electrons. The number of aliphatic carboxylic acids is 1. The standard InChI is InChI=1S/C14H23NO3/c1-9-5-3-4-6-11(9)13(16)15-8-7-12(10(15)2)14(17)18/h9-12H,3-8H2,1-2H3,(H,17,18). The SMILES string of the molecule is CC1CCCCC1C(=O)N1CCC(C(=O)O)C1C. The van der Waals surface area contributed by atoms with Crippen LogP contribution in [-0.2, 0) is 9.59 Å². The Morgan fingerprint density at radius 3 is 2.28 bits per heavy atom. The fourth-order valence-corrected chi connectivity index (χ4v) is 3.48. The Morgan fingerprint density at radius 2 is 1.72 bits per heavy atom. The first-order chi connectivity index (χ1) is 8.52. The number of amides is 1. The third-order valence-electron chi connectivity index (χ3n) is 4.78. The maximum atomic E-state index is 12.5. The summed E-state index contributed by atoms with van der Waals surface area (Å²) < 4.78 is 0. The Balaban J connectivity index is 2.03. The molecular formula is C14H23NO3. The summed E-state index contributed by atoms with van der Waals surface area (Å²) in [5, 5.41) is 9.11. The van der Waals surface area contributed by atoms with Crippen molar-refractivity contribution in [2.75, 3.05) is 6.54 Å². The molecule has 4 heteroatoms. The van der Waals surface area contributed by atoms with E-state index in [0.717, 1.165) is 19.3 Å².